The zero-order valence-electron chi connectivity index (χ0n) is 28.9. The first-order valence-electron chi connectivity index (χ1n) is 17.3. The van der Waals surface area contributed by atoms with Crippen LogP contribution in [0.15, 0.2) is 54.9 Å². The van der Waals surface area contributed by atoms with Gasteiger partial charge in [0.05, 0.1) is 24.9 Å². The molecule has 2 aliphatic rings. The van der Waals surface area contributed by atoms with Gasteiger partial charge >= 0.3 is 0 Å². The minimum Gasteiger partial charge on any atom is -0.490 e. The van der Waals surface area contributed by atoms with Gasteiger partial charge in [0.2, 0.25) is 5.91 Å². The first-order chi connectivity index (χ1) is 24.7. The standard InChI is InChI=1S/C37H46Cl2N2O10S/c1-52(48,49)22-34(45)41(19-31(43)35(46)36(47)32(44)20-42)15-5-4-6-23-16-30(39)24(17-29(23)38)21-50-37(12-13-37)28-18-40-14-11-26(28)27-7-2-3-8-33(27)51-25-9-10-25/h2-3,7-8,11,14,16-18,25,31-32,35-36,42-44,46-47H,4-6,9-10,12-13,15,19-22H2,1H3/t31-,32+,35+,36+/m0/s1. The van der Waals surface area contributed by atoms with Crippen molar-refractivity contribution in [3.63, 3.8) is 0 Å². The predicted octanol–water partition coefficient (Wildman–Crippen LogP) is 3.43. The summed E-state index contributed by atoms with van der Waals surface area (Å²) >= 11 is 13.4. The van der Waals surface area contributed by atoms with Gasteiger partial charge in [0.1, 0.15) is 35.9 Å². The highest BCUT2D eigenvalue weighted by molar-refractivity contribution is 7.91. The van der Waals surface area contributed by atoms with Crippen molar-refractivity contribution in [2.45, 2.75) is 87.7 Å². The fourth-order valence-corrected chi connectivity index (χ4v) is 7.20. The molecule has 3 aromatic rings. The lowest BCUT2D eigenvalue weighted by Crippen LogP contribution is -2.51. The molecule has 0 aliphatic heterocycles. The molecule has 5 N–H and O–H groups in total. The van der Waals surface area contributed by atoms with Crippen LogP contribution in [0.2, 0.25) is 10.0 Å². The fraction of sp³-hybridized carbons (Fsp3) is 0.514. The lowest BCUT2D eigenvalue weighted by atomic mass is 9.96. The third-order valence-corrected chi connectivity index (χ3v) is 10.8. The quantitative estimate of drug-likeness (QED) is 0.106. The Labute approximate surface area is 313 Å². The summed E-state index contributed by atoms with van der Waals surface area (Å²) in [4.78, 5) is 18.3. The summed E-state index contributed by atoms with van der Waals surface area (Å²) in [5.41, 5.74) is 3.98. The molecule has 1 amide bonds. The molecule has 12 nitrogen and oxygen atoms in total. The lowest BCUT2D eigenvalue weighted by Gasteiger charge is -2.30. The van der Waals surface area contributed by atoms with Crippen LogP contribution in [0.1, 0.15) is 55.2 Å². The topological polar surface area (TPSA) is 187 Å². The first kappa shape index (κ1) is 40.3. The number of aromatic nitrogens is 1. The average molecular weight is 782 g/mol. The normalized spacial score (nSPS) is 17.6. The maximum atomic E-state index is 12.8. The number of aliphatic hydroxyl groups excluding tert-OH is 5. The van der Waals surface area contributed by atoms with E-state index in [0.717, 1.165) is 70.4 Å². The molecule has 0 spiro atoms. The minimum absolute atomic E-state index is 0.0314. The molecular formula is C37H46Cl2N2O10S. The molecule has 2 saturated carbocycles. The van der Waals surface area contributed by atoms with Crippen molar-refractivity contribution in [2.75, 3.05) is 31.7 Å². The van der Waals surface area contributed by atoms with Gasteiger partial charge in [-0.3, -0.25) is 9.78 Å². The van der Waals surface area contributed by atoms with Crippen molar-refractivity contribution >= 4 is 38.9 Å². The van der Waals surface area contributed by atoms with Crippen molar-refractivity contribution in [1.29, 1.82) is 0 Å². The van der Waals surface area contributed by atoms with E-state index in [1.165, 1.54) is 0 Å². The number of halogens is 2. The van der Waals surface area contributed by atoms with Crippen molar-refractivity contribution < 1.29 is 48.2 Å². The van der Waals surface area contributed by atoms with Crippen molar-refractivity contribution in [2.24, 2.45) is 0 Å². The number of ether oxygens (including phenoxy) is 2. The maximum absolute atomic E-state index is 12.8. The van der Waals surface area contributed by atoms with Gasteiger partial charge in [-0.2, -0.15) is 0 Å². The van der Waals surface area contributed by atoms with Crippen molar-refractivity contribution in [3.05, 3.63) is 81.6 Å². The highest BCUT2D eigenvalue weighted by Gasteiger charge is 2.48. The Hall–Kier alpha value is -2.85. The second-order valence-electron chi connectivity index (χ2n) is 13.7. The number of unbranched alkanes of at least 4 members (excludes halogenated alkanes) is 1. The van der Waals surface area contributed by atoms with E-state index in [4.69, 9.17) is 37.8 Å². The van der Waals surface area contributed by atoms with Gasteiger partial charge in [-0.1, -0.05) is 41.4 Å². The summed E-state index contributed by atoms with van der Waals surface area (Å²) in [5, 5.41) is 50.3. The Bertz CT molecular complexity index is 1800. The lowest BCUT2D eigenvalue weighted by molar-refractivity contribution is -0.137. The van der Waals surface area contributed by atoms with Crippen LogP contribution in [0.4, 0.5) is 0 Å². The number of carbonyl (C=O) groups excluding carboxylic acids is 1. The Morgan fingerprint density at radius 1 is 0.981 bits per heavy atom. The zero-order chi connectivity index (χ0) is 37.6. The molecular weight excluding hydrogens is 735 g/mol. The largest absolute Gasteiger partial charge is 0.490 e. The molecule has 1 heterocycles. The highest BCUT2D eigenvalue weighted by atomic mass is 35.5. The molecule has 2 aromatic carbocycles. The second-order valence-corrected chi connectivity index (χ2v) is 16.7. The summed E-state index contributed by atoms with van der Waals surface area (Å²) < 4.78 is 36.4. The van der Waals surface area contributed by atoms with Gasteiger partial charge in [0, 0.05) is 52.9 Å². The molecule has 0 bridgehead atoms. The van der Waals surface area contributed by atoms with Crippen LogP contribution in [0.25, 0.3) is 11.1 Å². The molecule has 15 heteroatoms. The third-order valence-electron chi connectivity index (χ3n) is 9.33. The molecule has 52 heavy (non-hydrogen) atoms. The Morgan fingerprint density at radius 3 is 2.33 bits per heavy atom. The number of benzene rings is 2. The van der Waals surface area contributed by atoms with E-state index < -0.39 is 64.7 Å². The number of carbonyl (C=O) groups is 1. The number of sulfone groups is 1. The number of nitrogens with zero attached hydrogens (tertiary/aromatic N) is 2. The summed E-state index contributed by atoms with van der Waals surface area (Å²) in [6.45, 7) is -1.11. The number of para-hydroxylation sites is 1. The summed E-state index contributed by atoms with van der Waals surface area (Å²) in [6, 6.07) is 13.6. The summed E-state index contributed by atoms with van der Waals surface area (Å²) in [5.74, 6) is -0.759. The van der Waals surface area contributed by atoms with Gasteiger partial charge in [0.25, 0.3) is 0 Å². The average Bonchev–Trinajstić information content (AvgIpc) is 4.06. The number of hydrogen-bond donors (Lipinski definition) is 5. The second kappa shape index (κ2) is 17.5. The van der Waals surface area contributed by atoms with Crippen LogP contribution >= 0.6 is 23.2 Å². The molecule has 2 aliphatic carbocycles. The third kappa shape index (κ3) is 10.6. The number of amides is 1. The van der Waals surface area contributed by atoms with Crippen LogP contribution in [0.5, 0.6) is 5.75 Å². The van der Waals surface area contributed by atoms with E-state index in [9.17, 15) is 33.6 Å². The Kier molecular flexibility index (Phi) is 13.6. The van der Waals surface area contributed by atoms with E-state index in [2.05, 4.69) is 11.1 Å². The Balaban J connectivity index is 1.20. The summed E-state index contributed by atoms with van der Waals surface area (Å²) in [6.07, 6.45) is 2.70. The smallest absolute Gasteiger partial charge is 0.237 e. The molecule has 5 rings (SSSR count). The van der Waals surface area contributed by atoms with E-state index >= 15 is 0 Å². The van der Waals surface area contributed by atoms with Crippen LogP contribution < -0.4 is 4.74 Å². The van der Waals surface area contributed by atoms with Gasteiger partial charge in [-0.25, -0.2) is 8.42 Å². The molecule has 0 unspecified atom stereocenters. The maximum Gasteiger partial charge on any atom is 0.237 e. The fourth-order valence-electron chi connectivity index (χ4n) is 6.05. The molecule has 1 aromatic heterocycles. The van der Waals surface area contributed by atoms with Gasteiger partial charge in [-0.05, 0) is 85.9 Å². The SMILES string of the molecule is CS(=O)(=O)CC(=O)N(CCCCc1cc(Cl)c(COC2(c3cnccc3-c3ccccc3OC3CC3)CC2)cc1Cl)C[C@H](O)[C@@H](O)[C@H](O)[C@H](O)CO. The zero-order valence-corrected chi connectivity index (χ0v) is 31.2. The Morgan fingerprint density at radius 2 is 1.65 bits per heavy atom. The minimum atomic E-state index is -3.70. The van der Waals surface area contributed by atoms with E-state index in [0.29, 0.717) is 29.3 Å². The van der Waals surface area contributed by atoms with Crippen molar-refractivity contribution in [1.82, 2.24) is 9.88 Å². The molecule has 284 valence electrons. The van der Waals surface area contributed by atoms with Gasteiger partial charge < -0.3 is 39.9 Å². The number of rotatable bonds is 20. The number of hydrogen-bond acceptors (Lipinski definition) is 11. The van der Waals surface area contributed by atoms with Crippen LogP contribution in [0.3, 0.4) is 0 Å². The molecule has 4 atom stereocenters. The molecule has 2 fully saturated rings. The van der Waals surface area contributed by atoms with E-state index in [-0.39, 0.29) is 19.3 Å². The van der Waals surface area contributed by atoms with E-state index in [1.54, 1.807) is 18.3 Å². The van der Waals surface area contributed by atoms with E-state index in [1.807, 2.05) is 30.5 Å². The molecule has 0 radical (unpaired) electrons. The molecule has 0 saturated heterocycles. The van der Waals surface area contributed by atoms with Crippen LogP contribution in [-0.2, 0) is 38.0 Å². The van der Waals surface area contributed by atoms with Gasteiger partial charge in [-0.15, -0.1) is 0 Å². The number of aryl methyl sites for hydroxylation is 1. The monoisotopic (exact) mass is 780 g/mol. The van der Waals surface area contributed by atoms with Crippen LogP contribution in [0, 0.1) is 0 Å². The van der Waals surface area contributed by atoms with Crippen LogP contribution in [-0.4, -0.2) is 112 Å². The number of pyridine rings is 1. The predicted molar refractivity (Wildman–Crippen MR) is 196 cm³/mol. The summed E-state index contributed by atoms with van der Waals surface area (Å²) in [7, 11) is -3.70. The van der Waals surface area contributed by atoms with Crippen molar-refractivity contribution in [3.8, 4) is 16.9 Å². The van der Waals surface area contributed by atoms with Gasteiger partial charge in [0.15, 0.2) is 9.84 Å². The first-order valence-corrected chi connectivity index (χ1v) is 20.1. The number of aliphatic hydroxyl groups is 5. The highest BCUT2D eigenvalue weighted by Crippen LogP contribution is 2.53.